The minimum Gasteiger partial charge on any atom is -0.477 e. The van der Waals surface area contributed by atoms with E-state index in [-0.39, 0.29) is 12.0 Å². The molecular weight excluding hydrogens is 314 g/mol. The average molecular weight is 328 g/mol. The number of carbonyl (C=O) groups excluding carboxylic acids is 1. The summed E-state index contributed by atoms with van der Waals surface area (Å²) >= 11 is 0. The van der Waals surface area contributed by atoms with Crippen LogP contribution in [0.2, 0.25) is 0 Å². The van der Waals surface area contributed by atoms with Gasteiger partial charge in [0.15, 0.2) is 11.6 Å². The highest BCUT2D eigenvalue weighted by Crippen LogP contribution is 2.25. The van der Waals surface area contributed by atoms with Gasteiger partial charge in [-0.2, -0.15) is 0 Å². The van der Waals surface area contributed by atoms with Crippen molar-refractivity contribution in [2.45, 2.75) is 19.3 Å². The molecule has 0 bridgehead atoms. The van der Waals surface area contributed by atoms with Crippen LogP contribution in [-0.2, 0) is 9.59 Å². The Balaban J connectivity index is 3.12. The lowest BCUT2D eigenvalue weighted by Crippen LogP contribution is -2.25. The fourth-order valence-corrected chi connectivity index (χ4v) is 1.96. The maximum Gasteiger partial charge on any atom is 0.352 e. The van der Waals surface area contributed by atoms with Gasteiger partial charge >= 0.3 is 5.97 Å². The van der Waals surface area contributed by atoms with Gasteiger partial charge in [-0.15, -0.1) is 0 Å². The molecule has 23 heavy (non-hydrogen) atoms. The number of rotatable bonds is 7. The van der Waals surface area contributed by atoms with E-state index in [1.807, 2.05) is 0 Å². The molecule has 0 aliphatic heterocycles. The molecule has 0 spiro atoms. The van der Waals surface area contributed by atoms with Gasteiger partial charge in [-0.1, -0.05) is 18.2 Å². The number of amides is 1. The largest absolute Gasteiger partial charge is 0.477 e. The first kappa shape index (κ1) is 18.2. The summed E-state index contributed by atoms with van der Waals surface area (Å²) in [5, 5.41) is 21.7. The van der Waals surface area contributed by atoms with Gasteiger partial charge in [0, 0.05) is 17.4 Å². The van der Waals surface area contributed by atoms with E-state index in [2.05, 4.69) is 5.32 Å². The normalized spacial score (nSPS) is 12.6. The lowest BCUT2D eigenvalue weighted by molar-refractivity contribution is -0.483. The maximum atomic E-state index is 13.8. The van der Waals surface area contributed by atoms with Gasteiger partial charge < -0.3 is 10.4 Å². The number of nitrogens with one attached hydrogen (secondary N) is 1. The lowest BCUT2D eigenvalue weighted by atomic mass is 9.94. The zero-order valence-corrected chi connectivity index (χ0v) is 12.1. The van der Waals surface area contributed by atoms with Crippen LogP contribution in [0.4, 0.5) is 8.78 Å². The first-order valence-electron chi connectivity index (χ1n) is 6.49. The number of allylic oxidation sites excluding steroid dienone is 1. The van der Waals surface area contributed by atoms with Crippen LogP contribution in [-0.4, -0.2) is 28.5 Å². The summed E-state index contributed by atoms with van der Waals surface area (Å²) in [7, 11) is 0. The van der Waals surface area contributed by atoms with Crippen molar-refractivity contribution in [2.75, 3.05) is 6.54 Å². The monoisotopic (exact) mass is 328 g/mol. The van der Waals surface area contributed by atoms with E-state index in [0.29, 0.717) is 0 Å². The van der Waals surface area contributed by atoms with Crippen LogP contribution >= 0.6 is 0 Å². The second-order valence-corrected chi connectivity index (χ2v) is 4.70. The summed E-state index contributed by atoms with van der Waals surface area (Å²) in [6.07, 6.45) is 0.769. The van der Waals surface area contributed by atoms with Crippen molar-refractivity contribution in [2.24, 2.45) is 0 Å². The summed E-state index contributed by atoms with van der Waals surface area (Å²) in [5.41, 5.74) is -0.715. The number of nitrogens with zero attached hydrogens (tertiary/aromatic N) is 1. The van der Waals surface area contributed by atoms with E-state index in [1.165, 1.54) is 12.1 Å². The molecule has 1 aromatic carbocycles. The van der Waals surface area contributed by atoms with E-state index >= 15 is 0 Å². The Kier molecular flexibility index (Phi) is 6.31. The van der Waals surface area contributed by atoms with Crippen LogP contribution in [0.25, 0.3) is 0 Å². The molecule has 7 nitrogen and oxygen atoms in total. The Hall–Kier alpha value is -2.84. The van der Waals surface area contributed by atoms with E-state index in [4.69, 9.17) is 5.11 Å². The van der Waals surface area contributed by atoms with Crippen molar-refractivity contribution in [1.82, 2.24) is 5.32 Å². The molecule has 124 valence electrons. The smallest absolute Gasteiger partial charge is 0.352 e. The molecule has 1 rings (SSSR count). The van der Waals surface area contributed by atoms with Crippen molar-refractivity contribution < 1.29 is 28.4 Å². The average Bonchev–Trinajstić information content (AvgIpc) is 2.44. The molecule has 0 saturated carbocycles. The number of carboxylic acids is 1. The highest BCUT2D eigenvalue weighted by Gasteiger charge is 2.23. The molecule has 1 amide bonds. The highest BCUT2D eigenvalue weighted by atomic mass is 19.2. The molecule has 2 N–H and O–H groups in total. The first-order valence-corrected chi connectivity index (χ1v) is 6.49. The number of aliphatic carboxylic acids is 1. The van der Waals surface area contributed by atoms with Gasteiger partial charge in [0.05, 0.1) is 5.92 Å². The Morgan fingerprint density at radius 1 is 1.43 bits per heavy atom. The molecule has 9 heteroatoms. The number of benzene rings is 1. The van der Waals surface area contributed by atoms with Crippen molar-refractivity contribution in [3.8, 4) is 0 Å². The molecule has 1 unspecified atom stereocenters. The van der Waals surface area contributed by atoms with E-state index < -0.39 is 46.6 Å². The molecule has 0 saturated heterocycles. The second kappa shape index (κ2) is 7.97. The van der Waals surface area contributed by atoms with Gasteiger partial charge in [0.2, 0.25) is 12.5 Å². The van der Waals surface area contributed by atoms with E-state index in [9.17, 15) is 28.5 Å². The standard InChI is InChI=1S/C14H14F2N2O5/c1-8(19)17-12(14(20)21)6-5-9(7-18(22)23)10-3-2-4-11(15)13(10)16/h2-4,6,9H,5,7H2,1H3,(H,17,19)(H,20,21). The predicted octanol–water partition coefficient (Wildman–Crippen LogP) is 1.82. The quantitative estimate of drug-likeness (QED) is 0.451. The number of nitro groups is 1. The topological polar surface area (TPSA) is 110 Å². The van der Waals surface area contributed by atoms with E-state index in [1.54, 1.807) is 0 Å². The Bertz CT molecular complexity index is 661. The zero-order chi connectivity index (χ0) is 17.6. The molecule has 0 aliphatic rings. The van der Waals surface area contributed by atoms with Crippen molar-refractivity contribution in [3.63, 3.8) is 0 Å². The molecule has 0 radical (unpaired) electrons. The molecule has 0 aliphatic carbocycles. The first-order chi connectivity index (χ1) is 10.7. The molecular formula is C14H14F2N2O5. The summed E-state index contributed by atoms with van der Waals surface area (Å²) in [5.74, 6) is -5.53. The van der Waals surface area contributed by atoms with Crippen LogP contribution in [0.3, 0.4) is 0 Å². The summed E-state index contributed by atoms with van der Waals surface area (Å²) in [6.45, 7) is 0.376. The Morgan fingerprint density at radius 2 is 2.09 bits per heavy atom. The molecule has 0 heterocycles. The SMILES string of the molecule is CC(=O)NC(=CCC(C[N+](=O)[O-])c1cccc(F)c1F)C(=O)O. The molecule has 1 atom stereocenters. The Labute approximate surface area is 129 Å². The number of halogens is 2. The highest BCUT2D eigenvalue weighted by molar-refractivity contribution is 5.91. The van der Waals surface area contributed by atoms with Crippen LogP contribution in [0.15, 0.2) is 30.0 Å². The summed E-state index contributed by atoms with van der Waals surface area (Å²) < 4.78 is 27.1. The second-order valence-electron chi connectivity index (χ2n) is 4.70. The van der Waals surface area contributed by atoms with Crippen molar-refractivity contribution >= 4 is 11.9 Å². The third-order valence-electron chi connectivity index (χ3n) is 2.94. The van der Waals surface area contributed by atoms with Gasteiger partial charge in [-0.3, -0.25) is 14.9 Å². The maximum absolute atomic E-state index is 13.8. The summed E-state index contributed by atoms with van der Waals surface area (Å²) in [4.78, 5) is 31.9. The van der Waals surface area contributed by atoms with Crippen LogP contribution in [0.5, 0.6) is 0 Å². The number of hydrogen-bond acceptors (Lipinski definition) is 4. The van der Waals surface area contributed by atoms with Gasteiger partial charge in [0.1, 0.15) is 5.70 Å². The minimum absolute atomic E-state index is 0.231. The molecule has 0 aromatic heterocycles. The molecule has 0 fully saturated rings. The van der Waals surface area contributed by atoms with Crippen LogP contribution in [0.1, 0.15) is 24.8 Å². The van der Waals surface area contributed by atoms with Gasteiger partial charge in [0.25, 0.3) is 0 Å². The third-order valence-corrected chi connectivity index (χ3v) is 2.94. The van der Waals surface area contributed by atoms with Crippen LogP contribution in [0, 0.1) is 21.7 Å². The third kappa shape index (κ3) is 5.46. The lowest BCUT2D eigenvalue weighted by Gasteiger charge is -2.13. The van der Waals surface area contributed by atoms with Crippen molar-refractivity contribution in [3.05, 3.63) is 57.3 Å². The fraction of sp³-hybridized carbons (Fsp3) is 0.286. The minimum atomic E-state index is -1.44. The van der Waals surface area contributed by atoms with Gasteiger partial charge in [-0.25, -0.2) is 13.6 Å². The Morgan fingerprint density at radius 3 is 2.61 bits per heavy atom. The van der Waals surface area contributed by atoms with Gasteiger partial charge in [-0.05, 0) is 12.5 Å². The molecule has 1 aromatic rings. The van der Waals surface area contributed by atoms with Crippen molar-refractivity contribution in [1.29, 1.82) is 0 Å². The van der Waals surface area contributed by atoms with E-state index in [0.717, 1.165) is 19.1 Å². The zero-order valence-electron chi connectivity index (χ0n) is 12.1. The van der Waals surface area contributed by atoms with Crippen LogP contribution < -0.4 is 5.32 Å². The number of carboxylic acid groups (broad SMARTS) is 1. The fourth-order valence-electron chi connectivity index (χ4n) is 1.96. The number of carbonyl (C=O) groups is 2. The summed E-state index contributed by atoms with van der Waals surface area (Å²) in [6, 6.07) is 3.27. The number of hydrogen-bond donors (Lipinski definition) is 2. The predicted molar refractivity (Wildman–Crippen MR) is 75.1 cm³/mol.